The Balaban J connectivity index is 2.61. The minimum Gasteiger partial charge on any atom is -0.300 e. The first-order valence-electron chi connectivity index (χ1n) is 6.58. The second kappa shape index (κ2) is 7.52. The van der Waals surface area contributed by atoms with Crippen LogP contribution in [0, 0.1) is 17.1 Å². The topological polar surface area (TPSA) is 35.8 Å². The van der Waals surface area contributed by atoms with Crippen LogP contribution in [-0.4, -0.2) is 17.3 Å². The van der Waals surface area contributed by atoms with Gasteiger partial charge in [-0.05, 0) is 38.4 Å². The van der Waals surface area contributed by atoms with E-state index in [0.29, 0.717) is 11.3 Å². The largest absolute Gasteiger partial charge is 0.300 e. The van der Waals surface area contributed by atoms with Crippen molar-refractivity contribution in [1.29, 1.82) is 5.26 Å². The number of benzene rings is 1. The van der Waals surface area contributed by atoms with E-state index in [1.807, 2.05) is 19.9 Å². The predicted octanol–water partition coefficient (Wildman–Crippen LogP) is 3.98. The summed E-state index contributed by atoms with van der Waals surface area (Å²) in [5.74, 6) is -0.195. The second-order valence-corrected chi connectivity index (χ2v) is 6.41. The van der Waals surface area contributed by atoms with Gasteiger partial charge in [0, 0.05) is 10.1 Å². The summed E-state index contributed by atoms with van der Waals surface area (Å²) >= 11 is 1.48. The van der Waals surface area contributed by atoms with Gasteiger partial charge in [0.2, 0.25) is 0 Å². The van der Waals surface area contributed by atoms with Crippen LogP contribution in [0.3, 0.4) is 0 Å². The maximum absolute atomic E-state index is 13.6. The highest BCUT2D eigenvalue weighted by molar-refractivity contribution is 8.00. The van der Waals surface area contributed by atoms with Gasteiger partial charge >= 0.3 is 0 Å². The molecule has 104 valence electrons. The van der Waals surface area contributed by atoms with Crippen molar-refractivity contribution in [2.75, 3.05) is 6.54 Å². The molecule has 0 heterocycles. The van der Waals surface area contributed by atoms with Gasteiger partial charge in [0.25, 0.3) is 0 Å². The minimum atomic E-state index is -0.548. The molecule has 2 unspecified atom stereocenters. The summed E-state index contributed by atoms with van der Waals surface area (Å²) in [7, 11) is 0. The van der Waals surface area contributed by atoms with Crippen molar-refractivity contribution in [2.24, 2.45) is 0 Å². The summed E-state index contributed by atoms with van der Waals surface area (Å²) in [5.41, 5.74) is -0.548. The van der Waals surface area contributed by atoms with Crippen LogP contribution in [0.15, 0.2) is 29.2 Å². The normalized spacial score (nSPS) is 15.5. The van der Waals surface area contributed by atoms with Crippen LogP contribution < -0.4 is 5.32 Å². The lowest BCUT2D eigenvalue weighted by atomic mass is 9.98. The predicted molar refractivity (Wildman–Crippen MR) is 78.6 cm³/mol. The van der Waals surface area contributed by atoms with Crippen molar-refractivity contribution in [1.82, 2.24) is 5.32 Å². The third kappa shape index (κ3) is 5.22. The molecule has 0 aliphatic carbocycles. The molecule has 4 heteroatoms. The van der Waals surface area contributed by atoms with Gasteiger partial charge < -0.3 is 0 Å². The Morgan fingerprint density at radius 3 is 2.74 bits per heavy atom. The van der Waals surface area contributed by atoms with Crippen LogP contribution in [0.4, 0.5) is 4.39 Å². The number of thioether (sulfide) groups is 1. The highest BCUT2D eigenvalue weighted by atomic mass is 32.2. The Hall–Kier alpha value is -1.05. The maximum Gasteiger partial charge on any atom is 0.136 e. The average Bonchev–Trinajstić information content (AvgIpc) is 2.39. The van der Waals surface area contributed by atoms with E-state index in [9.17, 15) is 9.65 Å². The smallest absolute Gasteiger partial charge is 0.136 e. The standard InChI is InChI=1S/C15H21FN2S/c1-4-9-18-15(3,11-17)10-12(2)19-14-8-6-5-7-13(14)16/h5-8,12,18H,4,9-10H2,1-3H3. The highest BCUT2D eigenvalue weighted by Crippen LogP contribution is 2.30. The van der Waals surface area contributed by atoms with Gasteiger partial charge in [-0.2, -0.15) is 5.26 Å². The van der Waals surface area contributed by atoms with Crippen molar-refractivity contribution in [3.63, 3.8) is 0 Å². The van der Waals surface area contributed by atoms with Crippen LogP contribution in [-0.2, 0) is 0 Å². The molecule has 19 heavy (non-hydrogen) atoms. The van der Waals surface area contributed by atoms with E-state index < -0.39 is 5.54 Å². The Kier molecular flexibility index (Phi) is 6.33. The number of halogens is 1. The molecule has 0 fully saturated rings. The molecular formula is C15H21FN2S. The van der Waals surface area contributed by atoms with Crippen molar-refractivity contribution >= 4 is 11.8 Å². The van der Waals surface area contributed by atoms with Crippen LogP contribution >= 0.6 is 11.8 Å². The molecule has 0 aliphatic heterocycles. The monoisotopic (exact) mass is 280 g/mol. The average molecular weight is 280 g/mol. The SMILES string of the molecule is CCCNC(C)(C#N)CC(C)Sc1ccccc1F. The summed E-state index contributed by atoms with van der Waals surface area (Å²) in [6.45, 7) is 6.82. The first kappa shape index (κ1) is 16.0. The van der Waals surface area contributed by atoms with E-state index >= 15 is 0 Å². The summed E-state index contributed by atoms with van der Waals surface area (Å²) in [5, 5.41) is 12.7. The van der Waals surface area contributed by atoms with Crippen LogP contribution in [0.1, 0.15) is 33.6 Å². The first-order chi connectivity index (χ1) is 9.00. The van der Waals surface area contributed by atoms with E-state index in [2.05, 4.69) is 18.3 Å². The number of rotatable bonds is 7. The fourth-order valence-corrected chi connectivity index (χ4v) is 3.12. The number of hydrogen-bond donors (Lipinski definition) is 1. The molecule has 0 aromatic heterocycles. The van der Waals surface area contributed by atoms with Crippen molar-refractivity contribution in [3.8, 4) is 6.07 Å². The Morgan fingerprint density at radius 2 is 2.16 bits per heavy atom. The van der Waals surface area contributed by atoms with E-state index in [1.165, 1.54) is 17.8 Å². The zero-order chi connectivity index (χ0) is 14.3. The Labute approximate surface area is 119 Å². The molecule has 1 aromatic carbocycles. The fourth-order valence-electron chi connectivity index (χ4n) is 1.93. The van der Waals surface area contributed by atoms with Gasteiger partial charge in [0.15, 0.2) is 0 Å². The van der Waals surface area contributed by atoms with Gasteiger partial charge in [0.1, 0.15) is 11.4 Å². The maximum atomic E-state index is 13.6. The van der Waals surface area contributed by atoms with Gasteiger partial charge in [-0.25, -0.2) is 4.39 Å². The lowest BCUT2D eigenvalue weighted by molar-refractivity contribution is 0.418. The van der Waals surface area contributed by atoms with Gasteiger partial charge in [-0.1, -0.05) is 26.0 Å². The molecule has 0 radical (unpaired) electrons. The zero-order valence-electron chi connectivity index (χ0n) is 11.7. The van der Waals surface area contributed by atoms with Gasteiger partial charge in [-0.3, -0.25) is 5.32 Å². The van der Waals surface area contributed by atoms with E-state index in [4.69, 9.17) is 0 Å². The third-order valence-corrected chi connectivity index (χ3v) is 4.03. The van der Waals surface area contributed by atoms with Gasteiger partial charge in [-0.15, -0.1) is 11.8 Å². The number of hydrogen-bond acceptors (Lipinski definition) is 3. The quantitative estimate of drug-likeness (QED) is 0.767. The number of nitrogens with one attached hydrogen (secondary N) is 1. The summed E-state index contributed by atoms with van der Waals surface area (Å²) < 4.78 is 13.6. The molecule has 1 aromatic rings. The van der Waals surface area contributed by atoms with E-state index in [-0.39, 0.29) is 11.1 Å². The summed E-state index contributed by atoms with van der Waals surface area (Å²) in [6, 6.07) is 9.09. The minimum absolute atomic E-state index is 0.172. The molecule has 0 spiro atoms. The van der Waals surface area contributed by atoms with E-state index in [1.54, 1.807) is 12.1 Å². The molecular weight excluding hydrogens is 259 g/mol. The third-order valence-electron chi connectivity index (χ3n) is 2.87. The first-order valence-corrected chi connectivity index (χ1v) is 7.46. The molecule has 2 nitrogen and oxygen atoms in total. The Bertz CT molecular complexity index is 444. The number of nitriles is 1. The second-order valence-electron chi connectivity index (χ2n) is 4.93. The molecule has 0 saturated carbocycles. The van der Waals surface area contributed by atoms with Gasteiger partial charge in [0.05, 0.1) is 6.07 Å². The lowest BCUT2D eigenvalue weighted by Crippen LogP contribution is -2.43. The zero-order valence-corrected chi connectivity index (χ0v) is 12.6. The molecule has 0 amide bonds. The molecule has 0 aliphatic rings. The lowest BCUT2D eigenvalue weighted by Gasteiger charge is -2.26. The van der Waals surface area contributed by atoms with Crippen LogP contribution in [0.2, 0.25) is 0 Å². The number of nitrogens with zero attached hydrogens (tertiary/aromatic N) is 1. The fraction of sp³-hybridized carbons (Fsp3) is 0.533. The Morgan fingerprint density at radius 1 is 1.47 bits per heavy atom. The van der Waals surface area contributed by atoms with Crippen molar-refractivity contribution in [2.45, 2.75) is 49.3 Å². The van der Waals surface area contributed by atoms with Crippen molar-refractivity contribution < 1.29 is 4.39 Å². The molecule has 1 rings (SSSR count). The molecule has 1 N–H and O–H groups in total. The van der Waals surface area contributed by atoms with E-state index in [0.717, 1.165) is 13.0 Å². The highest BCUT2D eigenvalue weighted by Gasteiger charge is 2.26. The molecule has 2 atom stereocenters. The van der Waals surface area contributed by atoms with Crippen LogP contribution in [0.25, 0.3) is 0 Å². The summed E-state index contributed by atoms with van der Waals surface area (Å²) in [6.07, 6.45) is 1.68. The molecule has 0 bridgehead atoms. The summed E-state index contributed by atoms with van der Waals surface area (Å²) in [4.78, 5) is 0.644. The molecule has 0 saturated heterocycles. The van der Waals surface area contributed by atoms with Crippen molar-refractivity contribution in [3.05, 3.63) is 30.1 Å². The van der Waals surface area contributed by atoms with Crippen LogP contribution in [0.5, 0.6) is 0 Å².